The van der Waals surface area contributed by atoms with Crippen LogP contribution in [-0.2, 0) is 28.6 Å². The van der Waals surface area contributed by atoms with E-state index in [2.05, 4.69) is 106 Å². The topological polar surface area (TPSA) is 78.9 Å². The second-order valence-corrected chi connectivity index (χ2v) is 16.7. The second-order valence-electron chi connectivity index (χ2n) is 16.7. The fourth-order valence-electron chi connectivity index (χ4n) is 6.69. The van der Waals surface area contributed by atoms with Crippen molar-refractivity contribution in [2.45, 2.75) is 232 Å². The molecule has 0 radical (unpaired) electrons. The van der Waals surface area contributed by atoms with Crippen molar-refractivity contribution in [3.63, 3.8) is 0 Å². The second kappa shape index (κ2) is 51.0. The van der Waals surface area contributed by atoms with Crippen LogP contribution in [0, 0.1) is 0 Å². The third kappa shape index (κ3) is 49.2. The van der Waals surface area contributed by atoms with E-state index in [1.807, 2.05) is 12.2 Å². The zero-order valence-electron chi connectivity index (χ0n) is 40.8. The Morgan fingerprint density at radius 1 is 0.333 bits per heavy atom. The van der Waals surface area contributed by atoms with Gasteiger partial charge in [0.1, 0.15) is 13.2 Å². The van der Waals surface area contributed by atoms with Gasteiger partial charge >= 0.3 is 17.9 Å². The smallest absolute Gasteiger partial charge is 0.306 e. The first-order chi connectivity index (χ1) is 31.0. The lowest BCUT2D eigenvalue weighted by molar-refractivity contribution is -0.166. The summed E-state index contributed by atoms with van der Waals surface area (Å²) < 4.78 is 16.7. The quantitative estimate of drug-likeness (QED) is 0.0262. The third-order valence-corrected chi connectivity index (χ3v) is 10.6. The molecule has 0 aliphatic carbocycles. The van der Waals surface area contributed by atoms with Crippen molar-refractivity contribution < 1.29 is 28.6 Å². The average molecular weight is 875 g/mol. The van der Waals surface area contributed by atoms with E-state index >= 15 is 0 Å². The van der Waals surface area contributed by atoms with E-state index in [4.69, 9.17) is 14.2 Å². The monoisotopic (exact) mass is 875 g/mol. The maximum absolute atomic E-state index is 12.8. The lowest BCUT2D eigenvalue weighted by atomic mass is 10.1. The molecule has 0 bridgehead atoms. The van der Waals surface area contributed by atoms with E-state index < -0.39 is 6.10 Å². The molecule has 1 atom stereocenters. The molecule has 0 aliphatic rings. The Morgan fingerprint density at radius 2 is 0.651 bits per heavy atom. The van der Waals surface area contributed by atoms with Crippen LogP contribution in [0.5, 0.6) is 0 Å². The number of unbranched alkanes of at least 4 members (excludes halogenated alkanes) is 18. The third-order valence-electron chi connectivity index (χ3n) is 10.6. The minimum atomic E-state index is -0.820. The van der Waals surface area contributed by atoms with Gasteiger partial charge in [-0.05, 0) is 109 Å². The Balaban J connectivity index is 4.52. The van der Waals surface area contributed by atoms with Crippen LogP contribution in [0.2, 0.25) is 0 Å². The summed E-state index contributed by atoms with van der Waals surface area (Å²) in [5, 5.41) is 0. The summed E-state index contributed by atoms with van der Waals surface area (Å²) in [6.07, 6.45) is 66.8. The number of ether oxygens (including phenoxy) is 3. The number of hydrogen-bond donors (Lipinski definition) is 0. The fourth-order valence-corrected chi connectivity index (χ4v) is 6.69. The zero-order chi connectivity index (χ0) is 45.8. The number of hydrogen-bond acceptors (Lipinski definition) is 6. The Kier molecular flexibility index (Phi) is 48.0. The van der Waals surface area contributed by atoms with Crippen LogP contribution in [0.4, 0.5) is 0 Å². The Hall–Kier alpha value is -3.67. The Bertz CT molecular complexity index is 1280. The lowest BCUT2D eigenvalue weighted by Crippen LogP contribution is -2.30. The molecular formula is C57H94O6. The highest BCUT2D eigenvalue weighted by molar-refractivity contribution is 5.71. The predicted molar refractivity (Wildman–Crippen MR) is 270 cm³/mol. The van der Waals surface area contributed by atoms with Gasteiger partial charge in [0.25, 0.3) is 0 Å². The van der Waals surface area contributed by atoms with Crippen molar-refractivity contribution >= 4 is 17.9 Å². The van der Waals surface area contributed by atoms with Crippen LogP contribution in [0.3, 0.4) is 0 Å². The SMILES string of the molecule is CC/C=C\C/C=C\C/C=C\C/C=C\CCC(=O)OCC(COC(=O)CCCCCCC/C=C\C/C=C\CCCCCC)OC(=O)CCCCCCC/C=C\C/C=C\CCCCCC. The summed E-state index contributed by atoms with van der Waals surface area (Å²) in [6, 6.07) is 0. The van der Waals surface area contributed by atoms with E-state index in [0.29, 0.717) is 19.3 Å². The highest BCUT2D eigenvalue weighted by atomic mass is 16.6. The van der Waals surface area contributed by atoms with Crippen LogP contribution in [-0.4, -0.2) is 37.2 Å². The van der Waals surface area contributed by atoms with Crippen LogP contribution in [0.25, 0.3) is 0 Å². The largest absolute Gasteiger partial charge is 0.462 e. The highest BCUT2D eigenvalue weighted by Gasteiger charge is 2.19. The molecule has 0 aromatic rings. The molecule has 1 unspecified atom stereocenters. The van der Waals surface area contributed by atoms with Gasteiger partial charge in [-0.15, -0.1) is 0 Å². The fraction of sp³-hybridized carbons (Fsp3) is 0.667. The van der Waals surface area contributed by atoms with Gasteiger partial charge in [0.15, 0.2) is 6.10 Å². The summed E-state index contributed by atoms with van der Waals surface area (Å²) in [5.74, 6) is -1.03. The van der Waals surface area contributed by atoms with Gasteiger partial charge in [-0.25, -0.2) is 0 Å². The predicted octanol–water partition coefficient (Wildman–Crippen LogP) is 17.0. The maximum atomic E-state index is 12.8. The molecule has 0 N–H and O–H groups in total. The normalized spacial score (nSPS) is 12.9. The van der Waals surface area contributed by atoms with Gasteiger partial charge in [-0.2, -0.15) is 0 Å². The average Bonchev–Trinajstić information content (AvgIpc) is 3.28. The molecule has 6 heteroatoms. The molecule has 0 aliphatic heterocycles. The molecule has 0 heterocycles. The van der Waals surface area contributed by atoms with Crippen molar-refractivity contribution in [2.75, 3.05) is 13.2 Å². The molecule has 0 aromatic carbocycles. The van der Waals surface area contributed by atoms with Gasteiger partial charge in [0.05, 0.1) is 0 Å². The van der Waals surface area contributed by atoms with E-state index in [-0.39, 0.29) is 37.5 Å². The van der Waals surface area contributed by atoms with Crippen LogP contribution in [0.15, 0.2) is 97.2 Å². The number of rotatable bonds is 45. The van der Waals surface area contributed by atoms with Gasteiger partial charge in [0, 0.05) is 19.3 Å². The molecule has 0 aromatic heterocycles. The standard InChI is InChI=1S/C57H94O6/c1-4-7-10-13-16-19-22-25-27-29-32-35-38-41-44-47-50-56(59)62-53-54(52-61-55(58)49-46-43-40-37-34-31-24-21-18-15-12-9-6-3)63-57(60)51-48-45-42-39-36-33-30-28-26-23-20-17-14-11-8-5-2/h9,12,18-23,27-31,34,40,43,54H,4-8,10-11,13-17,24-26,32-33,35-39,41-42,44-53H2,1-3H3/b12-9-,21-18-,22-19-,23-20-,29-27-,30-28-,34-31-,43-40-. The first kappa shape index (κ1) is 59.3. The van der Waals surface area contributed by atoms with E-state index in [9.17, 15) is 14.4 Å². The molecule has 63 heavy (non-hydrogen) atoms. The van der Waals surface area contributed by atoms with E-state index in [1.54, 1.807) is 0 Å². The molecule has 358 valence electrons. The Labute approximate surface area is 387 Å². The lowest BCUT2D eigenvalue weighted by Gasteiger charge is -2.18. The van der Waals surface area contributed by atoms with Crippen LogP contribution in [0.1, 0.15) is 226 Å². The van der Waals surface area contributed by atoms with Crippen LogP contribution < -0.4 is 0 Å². The molecule has 0 amide bonds. The van der Waals surface area contributed by atoms with Gasteiger partial charge in [-0.3, -0.25) is 14.4 Å². The summed E-state index contributed by atoms with van der Waals surface area (Å²) in [6.45, 7) is 6.39. The molecule has 0 rings (SSSR count). The molecule has 6 nitrogen and oxygen atoms in total. The first-order valence-corrected chi connectivity index (χ1v) is 25.7. The van der Waals surface area contributed by atoms with Crippen molar-refractivity contribution in [1.29, 1.82) is 0 Å². The van der Waals surface area contributed by atoms with Crippen LogP contribution >= 0.6 is 0 Å². The molecular weight excluding hydrogens is 781 g/mol. The molecule has 0 saturated carbocycles. The minimum absolute atomic E-state index is 0.114. The minimum Gasteiger partial charge on any atom is -0.462 e. The van der Waals surface area contributed by atoms with Gasteiger partial charge in [-0.1, -0.05) is 195 Å². The van der Waals surface area contributed by atoms with E-state index in [1.165, 1.54) is 64.2 Å². The first-order valence-electron chi connectivity index (χ1n) is 25.7. The van der Waals surface area contributed by atoms with E-state index in [0.717, 1.165) is 116 Å². The number of carbonyl (C=O) groups is 3. The Morgan fingerprint density at radius 3 is 1.06 bits per heavy atom. The van der Waals surface area contributed by atoms with Crippen molar-refractivity contribution in [3.8, 4) is 0 Å². The summed E-state index contributed by atoms with van der Waals surface area (Å²) >= 11 is 0. The zero-order valence-corrected chi connectivity index (χ0v) is 40.8. The summed E-state index contributed by atoms with van der Waals surface area (Å²) in [5.41, 5.74) is 0. The number of allylic oxidation sites excluding steroid dienone is 16. The maximum Gasteiger partial charge on any atom is 0.306 e. The van der Waals surface area contributed by atoms with Crippen molar-refractivity contribution in [2.24, 2.45) is 0 Å². The van der Waals surface area contributed by atoms with Crippen molar-refractivity contribution in [1.82, 2.24) is 0 Å². The number of carbonyl (C=O) groups excluding carboxylic acids is 3. The molecule has 0 fully saturated rings. The molecule has 0 spiro atoms. The highest BCUT2D eigenvalue weighted by Crippen LogP contribution is 2.12. The summed E-state index contributed by atoms with van der Waals surface area (Å²) in [7, 11) is 0. The van der Waals surface area contributed by atoms with Gasteiger partial charge < -0.3 is 14.2 Å². The number of esters is 3. The summed E-state index contributed by atoms with van der Waals surface area (Å²) in [4.78, 5) is 37.9. The van der Waals surface area contributed by atoms with Crippen molar-refractivity contribution in [3.05, 3.63) is 97.2 Å². The van der Waals surface area contributed by atoms with Gasteiger partial charge in [0.2, 0.25) is 0 Å². The molecule has 0 saturated heterocycles.